The maximum Gasteiger partial charge on any atom is 0.312 e. The Morgan fingerprint density at radius 3 is 1.95 bits per heavy atom. The molecule has 1 aliphatic carbocycles. The summed E-state index contributed by atoms with van der Waals surface area (Å²) in [6.45, 7) is 17.3. The minimum Gasteiger partial charge on any atom is -0.459 e. The van der Waals surface area contributed by atoms with Gasteiger partial charge in [0.25, 0.3) is 0 Å². The Morgan fingerprint density at radius 1 is 1.05 bits per heavy atom. The van der Waals surface area contributed by atoms with E-state index in [2.05, 4.69) is 55.4 Å². The van der Waals surface area contributed by atoms with Crippen LogP contribution in [0.3, 0.4) is 0 Å². The van der Waals surface area contributed by atoms with Gasteiger partial charge in [-0.3, -0.25) is 4.79 Å². The average Bonchev–Trinajstić information content (AvgIpc) is 2.37. The fraction of sp³-hybridized carbons (Fsp3) is 0.950. The Bertz CT molecular complexity index is 362. The Labute approximate surface area is 138 Å². The van der Waals surface area contributed by atoms with E-state index < -0.39 is 0 Å². The zero-order valence-corrected chi connectivity index (χ0v) is 16.2. The molecule has 0 bridgehead atoms. The third-order valence-corrected chi connectivity index (χ3v) is 5.93. The highest BCUT2D eigenvalue weighted by Crippen LogP contribution is 2.41. The van der Waals surface area contributed by atoms with Crippen molar-refractivity contribution in [3.05, 3.63) is 0 Å². The SMILES string of the molecule is CC(C)C[C@](C)(C(=O)OC(C)(C)C1CCC(C)CC1)C(C)C. The van der Waals surface area contributed by atoms with E-state index in [4.69, 9.17) is 4.74 Å². The van der Waals surface area contributed by atoms with Crippen molar-refractivity contribution in [3.63, 3.8) is 0 Å². The molecule has 1 atom stereocenters. The first-order valence-corrected chi connectivity index (χ1v) is 9.22. The molecule has 130 valence electrons. The van der Waals surface area contributed by atoms with Crippen LogP contribution in [0, 0.1) is 29.1 Å². The molecular formula is C20H38O2. The maximum absolute atomic E-state index is 12.9. The maximum atomic E-state index is 12.9. The Hall–Kier alpha value is -0.530. The highest BCUT2D eigenvalue weighted by atomic mass is 16.6. The molecule has 0 aromatic carbocycles. The lowest BCUT2D eigenvalue weighted by Gasteiger charge is -2.42. The Morgan fingerprint density at radius 2 is 1.55 bits per heavy atom. The lowest BCUT2D eigenvalue weighted by Crippen LogP contribution is -2.45. The van der Waals surface area contributed by atoms with E-state index in [1.165, 1.54) is 25.7 Å². The second kappa shape index (κ2) is 7.36. The summed E-state index contributed by atoms with van der Waals surface area (Å²) in [6.07, 6.45) is 5.79. The van der Waals surface area contributed by atoms with Crippen LogP contribution in [0.1, 0.15) is 87.5 Å². The van der Waals surface area contributed by atoms with Gasteiger partial charge < -0.3 is 4.74 Å². The van der Waals surface area contributed by atoms with Gasteiger partial charge in [-0.15, -0.1) is 0 Å². The quantitative estimate of drug-likeness (QED) is 0.576. The van der Waals surface area contributed by atoms with Crippen LogP contribution in [0.25, 0.3) is 0 Å². The lowest BCUT2D eigenvalue weighted by atomic mass is 9.72. The fourth-order valence-corrected chi connectivity index (χ4v) is 3.80. The first kappa shape index (κ1) is 19.5. The third kappa shape index (κ3) is 4.73. The molecule has 0 aromatic rings. The Balaban J connectivity index is 2.79. The molecular weight excluding hydrogens is 272 g/mol. The molecule has 1 aliphatic rings. The second-order valence-corrected chi connectivity index (χ2v) is 9.12. The standard InChI is InChI=1S/C20H38O2/c1-14(2)13-20(8,15(3)4)18(21)22-19(6,7)17-11-9-16(5)10-12-17/h14-17H,9-13H2,1-8H3/t16?,17?,20-/m0/s1. The van der Waals surface area contributed by atoms with Gasteiger partial charge in [-0.25, -0.2) is 0 Å². The number of carbonyl (C=O) groups excluding carboxylic acids is 1. The van der Waals surface area contributed by atoms with Gasteiger partial charge in [-0.05, 0) is 63.7 Å². The van der Waals surface area contributed by atoms with E-state index in [1.54, 1.807) is 0 Å². The van der Waals surface area contributed by atoms with Crippen molar-refractivity contribution in [2.75, 3.05) is 0 Å². The molecule has 1 fully saturated rings. The van der Waals surface area contributed by atoms with Crippen molar-refractivity contribution >= 4 is 5.97 Å². The molecule has 0 aliphatic heterocycles. The van der Waals surface area contributed by atoms with E-state index in [-0.39, 0.29) is 17.0 Å². The summed E-state index contributed by atoms with van der Waals surface area (Å²) in [5.41, 5.74) is -0.724. The summed E-state index contributed by atoms with van der Waals surface area (Å²) in [4.78, 5) is 12.9. The van der Waals surface area contributed by atoms with Crippen molar-refractivity contribution < 1.29 is 9.53 Å². The first-order valence-electron chi connectivity index (χ1n) is 9.22. The first-order chi connectivity index (χ1) is 9.99. The van der Waals surface area contributed by atoms with Gasteiger partial charge in [-0.1, -0.05) is 47.5 Å². The highest BCUT2D eigenvalue weighted by Gasteiger charge is 2.43. The van der Waals surface area contributed by atoms with Crippen LogP contribution in [0.2, 0.25) is 0 Å². The van der Waals surface area contributed by atoms with Crippen LogP contribution < -0.4 is 0 Å². The molecule has 0 unspecified atom stereocenters. The summed E-state index contributed by atoms with van der Waals surface area (Å²) in [5.74, 6) is 2.12. The van der Waals surface area contributed by atoms with E-state index in [1.807, 2.05) is 0 Å². The van der Waals surface area contributed by atoms with Gasteiger partial charge >= 0.3 is 5.97 Å². The summed E-state index contributed by atoms with van der Waals surface area (Å²) < 4.78 is 6.10. The van der Waals surface area contributed by atoms with Gasteiger partial charge in [0.2, 0.25) is 0 Å². The van der Waals surface area contributed by atoms with Crippen LogP contribution in [-0.4, -0.2) is 11.6 Å². The van der Waals surface area contributed by atoms with Crippen LogP contribution in [0.5, 0.6) is 0 Å². The molecule has 0 heterocycles. The molecule has 0 saturated heterocycles. The number of hydrogen-bond acceptors (Lipinski definition) is 2. The number of rotatable bonds is 6. The number of carbonyl (C=O) groups is 1. The monoisotopic (exact) mass is 310 g/mol. The molecule has 0 N–H and O–H groups in total. The molecule has 1 saturated carbocycles. The zero-order chi connectivity index (χ0) is 17.1. The lowest BCUT2D eigenvalue weighted by molar-refractivity contribution is -0.179. The summed E-state index contributed by atoms with van der Waals surface area (Å²) in [6, 6.07) is 0. The fourth-order valence-electron chi connectivity index (χ4n) is 3.80. The molecule has 0 amide bonds. The second-order valence-electron chi connectivity index (χ2n) is 9.12. The van der Waals surface area contributed by atoms with Crippen LogP contribution in [0.4, 0.5) is 0 Å². The van der Waals surface area contributed by atoms with E-state index in [0.717, 1.165) is 12.3 Å². The smallest absolute Gasteiger partial charge is 0.312 e. The van der Waals surface area contributed by atoms with Crippen molar-refractivity contribution in [3.8, 4) is 0 Å². The van der Waals surface area contributed by atoms with Crippen LogP contribution in [0.15, 0.2) is 0 Å². The van der Waals surface area contributed by atoms with E-state index in [9.17, 15) is 4.79 Å². The zero-order valence-electron chi connectivity index (χ0n) is 16.2. The predicted molar refractivity (Wildman–Crippen MR) is 93.7 cm³/mol. The Kier molecular flexibility index (Phi) is 6.53. The number of esters is 1. The third-order valence-electron chi connectivity index (χ3n) is 5.93. The molecule has 2 nitrogen and oxygen atoms in total. The predicted octanol–water partition coefficient (Wildman–Crippen LogP) is 5.84. The molecule has 0 spiro atoms. The van der Waals surface area contributed by atoms with Gasteiger partial charge in [0, 0.05) is 0 Å². The number of ether oxygens (including phenoxy) is 1. The van der Waals surface area contributed by atoms with Crippen LogP contribution >= 0.6 is 0 Å². The van der Waals surface area contributed by atoms with Crippen LogP contribution in [-0.2, 0) is 9.53 Å². The summed E-state index contributed by atoms with van der Waals surface area (Å²) in [7, 11) is 0. The molecule has 1 rings (SSSR count). The van der Waals surface area contributed by atoms with Crippen molar-refractivity contribution in [2.45, 2.75) is 93.1 Å². The molecule has 2 heteroatoms. The van der Waals surface area contributed by atoms with E-state index in [0.29, 0.717) is 17.8 Å². The largest absolute Gasteiger partial charge is 0.459 e. The molecule has 22 heavy (non-hydrogen) atoms. The van der Waals surface area contributed by atoms with Crippen molar-refractivity contribution in [1.82, 2.24) is 0 Å². The topological polar surface area (TPSA) is 26.3 Å². The minimum absolute atomic E-state index is 0.000165. The average molecular weight is 311 g/mol. The summed E-state index contributed by atoms with van der Waals surface area (Å²) in [5, 5.41) is 0. The highest BCUT2D eigenvalue weighted by molar-refractivity contribution is 5.77. The summed E-state index contributed by atoms with van der Waals surface area (Å²) >= 11 is 0. The number of hydrogen-bond donors (Lipinski definition) is 0. The van der Waals surface area contributed by atoms with Gasteiger partial charge in [0.1, 0.15) is 5.60 Å². The van der Waals surface area contributed by atoms with Gasteiger partial charge in [0.15, 0.2) is 0 Å². The van der Waals surface area contributed by atoms with E-state index >= 15 is 0 Å². The van der Waals surface area contributed by atoms with Gasteiger partial charge in [0.05, 0.1) is 5.41 Å². The van der Waals surface area contributed by atoms with Crippen molar-refractivity contribution in [2.24, 2.45) is 29.1 Å². The molecule has 0 radical (unpaired) electrons. The van der Waals surface area contributed by atoms with Gasteiger partial charge in [-0.2, -0.15) is 0 Å². The van der Waals surface area contributed by atoms with Crippen molar-refractivity contribution in [1.29, 1.82) is 0 Å². The minimum atomic E-state index is -0.382. The normalized spacial score (nSPS) is 26.1. The molecule has 0 aromatic heterocycles.